The number of fused-ring (bicyclic) bond motifs is 3. The second kappa shape index (κ2) is 6.16. The zero-order valence-electron chi connectivity index (χ0n) is 15.0. The Labute approximate surface area is 157 Å². The molecule has 1 unspecified atom stereocenters. The van der Waals surface area contributed by atoms with Crippen LogP contribution in [0.5, 0.6) is 11.5 Å². The molecule has 5 rings (SSSR count). The van der Waals surface area contributed by atoms with Gasteiger partial charge in [-0.3, -0.25) is 0 Å². The summed E-state index contributed by atoms with van der Waals surface area (Å²) in [5, 5.41) is 18.0. The van der Waals surface area contributed by atoms with Crippen molar-refractivity contribution in [3.63, 3.8) is 0 Å². The van der Waals surface area contributed by atoms with Crippen LogP contribution in [-0.4, -0.2) is 27.0 Å². The van der Waals surface area contributed by atoms with E-state index in [9.17, 15) is 5.11 Å². The van der Waals surface area contributed by atoms with Gasteiger partial charge in [0.15, 0.2) is 11.5 Å². The van der Waals surface area contributed by atoms with E-state index in [0.717, 1.165) is 36.5 Å². The molecule has 2 N–H and O–H groups in total. The minimum absolute atomic E-state index is 0.0839. The molecule has 2 aromatic carbocycles. The third-order valence-electron chi connectivity index (χ3n) is 5.40. The molecule has 0 bridgehead atoms. The van der Waals surface area contributed by atoms with Crippen molar-refractivity contribution >= 4 is 11.6 Å². The molecule has 27 heavy (non-hydrogen) atoms. The van der Waals surface area contributed by atoms with Gasteiger partial charge in [-0.2, -0.15) is 10.1 Å². The maximum atomic E-state index is 10.0. The summed E-state index contributed by atoms with van der Waals surface area (Å²) in [4.78, 5) is 4.41. The highest BCUT2D eigenvalue weighted by Gasteiger charge is 2.33. The monoisotopic (exact) mass is 360 g/mol. The standard InChI is InChI=1S/C21H20N4O2/c1-27-18-11-14(9-10-17(18)26)20-16-8-4-6-13-5-2-3-7-15(13)19(16)24-21-22-12-23-25(20)21/h2-3,5,7,9-12,20,26H,4,6,8H2,1H3,(H,22,23,24). The first-order chi connectivity index (χ1) is 13.3. The highest BCUT2D eigenvalue weighted by Crippen LogP contribution is 2.44. The third kappa shape index (κ3) is 2.48. The molecule has 2 aliphatic rings. The van der Waals surface area contributed by atoms with Crippen molar-refractivity contribution in [2.45, 2.75) is 25.3 Å². The van der Waals surface area contributed by atoms with Crippen LogP contribution in [0.4, 0.5) is 5.95 Å². The number of ether oxygens (including phenoxy) is 1. The average molecular weight is 360 g/mol. The van der Waals surface area contributed by atoms with Crippen LogP contribution in [0.2, 0.25) is 0 Å². The zero-order chi connectivity index (χ0) is 18.4. The van der Waals surface area contributed by atoms with Crippen molar-refractivity contribution in [3.8, 4) is 11.5 Å². The molecule has 0 fully saturated rings. The number of hydrogen-bond donors (Lipinski definition) is 2. The van der Waals surface area contributed by atoms with Gasteiger partial charge in [0.25, 0.3) is 0 Å². The molecule has 1 aromatic heterocycles. The van der Waals surface area contributed by atoms with Crippen molar-refractivity contribution in [2.75, 3.05) is 12.4 Å². The summed E-state index contributed by atoms with van der Waals surface area (Å²) in [5.41, 5.74) is 6.01. The Morgan fingerprint density at radius 1 is 1.19 bits per heavy atom. The summed E-state index contributed by atoms with van der Waals surface area (Å²) in [6.45, 7) is 0. The molecular weight excluding hydrogens is 340 g/mol. The van der Waals surface area contributed by atoms with E-state index < -0.39 is 0 Å². The van der Waals surface area contributed by atoms with E-state index in [4.69, 9.17) is 4.74 Å². The number of nitrogens with one attached hydrogen (secondary N) is 1. The van der Waals surface area contributed by atoms with Gasteiger partial charge in [0, 0.05) is 5.56 Å². The van der Waals surface area contributed by atoms with Crippen molar-refractivity contribution in [1.29, 1.82) is 0 Å². The normalized spacial score (nSPS) is 18.0. The number of anilines is 1. The third-order valence-corrected chi connectivity index (χ3v) is 5.40. The van der Waals surface area contributed by atoms with Crippen LogP contribution in [0, 0.1) is 0 Å². The minimum atomic E-state index is -0.0839. The number of benzene rings is 2. The molecule has 2 heterocycles. The van der Waals surface area contributed by atoms with Crippen LogP contribution in [0.1, 0.15) is 35.6 Å². The number of phenols is 1. The van der Waals surface area contributed by atoms with Crippen molar-refractivity contribution in [2.24, 2.45) is 0 Å². The maximum Gasteiger partial charge on any atom is 0.226 e. The predicted molar refractivity (Wildman–Crippen MR) is 103 cm³/mol. The number of aromatic hydroxyl groups is 1. The van der Waals surface area contributed by atoms with Gasteiger partial charge in [-0.15, -0.1) is 0 Å². The molecule has 6 nitrogen and oxygen atoms in total. The van der Waals surface area contributed by atoms with E-state index in [2.05, 4.69) is 39.7 Å². The smallest absolute Gasteiger partial charge is 0.226 e. The second-order valence-electron chi connectivity index (χ2n) is 6.90. The van der Waals surface area contributed by atoms with Crippen LogP contribution in [0.15, 0.2) is 54.4 Å². The lowest BCUT2D eigenvalue weighted by atomic mass is 9.91. The molecule has 1 aliphatic carbocycles. The van der Waals surface area contributed by atoms with Gasteiger partial charge in [-0.05, 0) is 48.1 Å². The fraction of sp³-hybridized carbons (Fsp3) is 0.238. The number of allylic oxidation sites excluding steroid dienone is 1. The first-order valence-corrected chi connectivity index (χ1v) is 9.11. The summed E-state index contributed by atoms with van der Waals surface area (Å²) in [6, 6.07) is 14.0. The predicted octanol–water partition coefficient (Wildman–Crippen LogP) is 3.75. The SMILES string of the molecule is COc1cc(C2C3=C(Nc4ncnn42)c2ccccc2CCC3)ccc1O. The molecule has 0 amide bonds. The Kier molecular flexibility index (Phi) is 3.63. The minimum Gasteiger partial charge on any atom is -0.504 e. The molecule has 3 aromatic rings. The fourth-order valence-electron chi connectivity index (χ4n) is 4.17. The molecule has 6 heteroatoms. The highest BCUT2D eigenvalue weighted by molar-refractivity contribution is 5.82. The quantitative estimate of drug-likeness (QED) is 0.728. The Morgan fingerprint density at radius 3 is 2.96 bits per heavy atom. The van der Waals surface area contributed by atoms with E-state index in [1.807, 2.05) is 16.8 Å². The molecule has 0 saturated carbocycles. The van der Waals surface area contributed by atoms with Crippen LogP contribution in [0.25, 0.3) is 5.70 Å². The fourth-order valence-corrected chi connectivity index (χ4v) is 4.17. The zero-order valence-corrected chi connectivity index (χ0v) is 15.0. The summed E-state index contributed by atoms with van der Waals surface area (Å²) in [7, 11) is 1.56. The molecule has 0 saturated heterocycles. The largest absolute Gasteiger partial charge is 0.504 e. The summed E-state index contributed by atoms with van der Waals surface area (Å²) in [6.07, 6.45) is 4.66. The van der Waals surface area contributed by atoms with Gasteiger partial charge >= 0.3 is 0 Å². The van der Waals surface area contributed by atoms with E-state index in [-0.39, 0.29) is 11.8 Å². The van der Waals surface area contributed by atoms with Crippen molar-refractivity contribution in [1.82, 2.24) is 14.8 Å². The lowest BCUT2D eigenvalue weighted by molar-refractivity contribution is 0.372. The number of hydrogen-bond acceptors (Lipinski definition) is 5. The average Bonchev–Trinajstić information content (AvgIpc) is 3.08. The molecule has 1 atom stereocenters. The summed E-state index contributed by atoms with van der Waals surface area (Å²) >= 11 is 0. The van der Waals surface area contributed by atoms with E-state index in [1.165, 1.54) is 16.7 Å². The van der Waals surface area contributed by atoms with Gasteiger partial charge in [-0.1, -0.05) is 30.3 Å². The van der Waals surface area contributed by atoms with E-state index >= 15 is 0 Å². The van der Waals surface area contributed by atoms with Gasteiger partial charge in [0.2, 0.25) is 5.95 Å². The van der Waals surface area contributed by atoms with Gasteiger partial charge in [0.05, 0.1) is 12.8 Å². The first-order valence-electron chi connectivity index (χ1n) is 9.11. The van der Waals surface area contributed by atoms with E-state index in [1.54, 1.807) is 19.5 Å². The van der Waals surface area contributed by atoms with Crippen molar-refractivity contribution in [3.05, 3.63) is 71.1 Å². The number of aromatic nitrogens is 3. The number of aryl methyl sites for hydroxylation is 1. The topological polar surface area (TPSA) is 72.2 Å². The number of rotatable bonds is 2. The molecular formula is C21H20N4O2. The van der Waals surface area contributed by atoms with Gasteiger partial charge < -0.3 is 15.2 Å². The molecule has 0 radical (unpaired) electrons. The van der Waals surface area contributed by atoms with Crippen molar-refractivity contribution < 1.29 is 9.84 Å². The Bertz CT molecular complexity index is 1050. The van der Waals surface area contributed by atoms with Crippen LogP contribution in [-0.2, 0) is 6.42 Å². The molecule has 0 spiro atoms. The lowest BCUT2D eigenvalue weighted by Gasteiger charge is -2.30. The second-order valence-corrected chi connectivity index (χ2v) is 6.90. The Morgan fingerprint density at radius 2 is 2.07 bits per heavy atom. The van der Waals surface area contributed by atoms with Crippen LogP contribution in [0.3, 0.4) is 0 Å². The number of methoxy groups -OCH3 is 1. The number of phenolic OH excluding ortho intramolecular Hbond substituents is 1. The van der Waals surface area contributed by atoms with Crippen LogP contribution >= 0.6 is 0 Å². The maximum absolute atomic E-state index is 10.0. The summed E-state index contributed by atoms with van der Waals surface area (Å²) in [5.74, 6) is 1.32. The lowest BCUT2D eigenvalue weighted by Crippen LogP contribution is -2.25. The number of nitrogens with zero attached hydrogens (tertiary/aromatic N) is 3. The first kappa shape index (κ1) is 15.9. The molecule has 136 valence electrons. The Hall–Kier alpha value is -3.28. The van der Waals surface area contributed by atoms with Gasteiger partial charge in [0.1, 0.15) is 12.4 Å². The molecule has 1 aliphatic heterocycles. The Balaban J connectivity index is 1.73. The van der Waals surface area contributed by atoms with Crippen LogP contribution < -0.4 is 10.1 Å². The summed E-state index contributed by atoms with van der Waals surface area (Å²) < 4.78 is 7.25. The highest BCUT2D eigenvalue weighted by atomic mass is 16.5. The van der Waals surface area contributed by atoms with Gasteiger partial charge in [-0.25, -0.2) is 4.68 Å². The van der Waals surface area contributed by atoms with E-state index in [0.29, 0.717) is 5.75 Å².